The van der Waals surface area contributed by atoms with E-state index in [2.05, 4.69) is 15.3 Å². The molecule has 0 atom stereocenters. The maximum atomic E-state index is 12.8. The van der Waals surface area contributed by atoms with E-state index in [1.54, 1.807) is 12.1 Å². The van der Waals surface area contributed by atoms with E-state index in [0.29, 0.717) is 22.9 Å². The third kappa shape index (κ3) is 2.87. The summed E-state index contributed by atoms with van der Waals surface area (Å²) in [6.07, 6.45) is 2.15. The zero-order valence-corrected chi connectivity index (χ0v) is 11.3. The van der Waals surface area contributed by atoms with Gasteiger partial charge in [-0.15, -0.1) is 0 Å². The normalized spacial score (nSPS) is 10.0. The number of methoxy groups -OCH3 is 3. The number of ether oxygens (including phenoxy) is 3. The third-order valence-corrected chi connectivity index (χ3v) is 2.54. The van der Waals surface area contributed by atoms with Crippen molar-refractivity contribution in [2.45, 2.75) is 0 Å². The molecule has 2 rings (SSSR count). The van der Waals surface area contributed by atoms with Crippen molar-refractivity contribution in [2.24, 2.45) is 0 Å². The second-order valence-corrected chi connectivity index (χ2v) is 3.76. The van der Waals surface area contributed by atoms with E-state index < -0.39 is 5.82 Å². The van der Waals surface area contributed by atoms with Gasteiger partial charge in [0.25, 0.3) is 0 Å². The monoisotopic (exact) mass is 279 g/mol. The van der Waals surface area contributed by atoms with Crippen LogP contribution >= 0.6 is 0 Å². The highest BCUT2D eigenvalue weighted by Crippen LogP contribution is 2.40. The number of rotatable bonds is 5. The number of nitrogens with zero attached hydrogens (tertiary/aromatic N) is 2. The van der Waals surface area contributed by atoms with Crippen LogP contribution in [0.1, 0.15) is 0 Å². The summed E-state index contributed by atoms with van der Waals surface area (Å²) in [6, 6.07) is 3.40. The summed E-state index contributed by atoms with van der Waals surface area (Å²) in [5.41, 5.74) is 0.631. The molecule has 6 nitrogen and oxygen atoms in total. The van der Waals surface area contributed by atoms with Crippen LogP contribution < -0.4 is 19.5 Å². The summed E-state index contributed by atoms with van der Waals surface area (Å²) >= 11 is 0. The van der Waals surface area contributed by atoms with Gasteiger partial charge in [0.05, 0.1) is 33.7 Å². The van der Waals surface area contributed by atoms with Crippen LogP contribution in [0.2, 0.25) is 0 Å². The van der Waals surface area contributed by atoms with Crippen molar-refractivity contribution in [3.63, 3.8) is 0 Å². The Bertz CT molecular complexity index is 565. The zero-order valence-electron chi connectivity index (χ0n) is 11.3. The Morgan fingerprint density at radius 3 is 1.95 bits per heavy atom. The Kier molecular flexibility index (Phi) is 4.19. The van der Waals surface area contributed by atoms with Gasteiger partial charge in [0.15, 0.2) is 17.3 Å². The Morgan fingerprint density at radius 1 is 0.950 bits per heavy atom. The highest BCUT2D eigenvalue weighted by atomic mass is 19.1. The lowest BCUT2D eigenvalue weighted by molar-refractivity contribution is 0.324. The molecule has 0 unspecified atom stereocenters. The molecule has 0 saturated carbocycles. The molecule has 7 heteroatoms. The fourth-order valence-corrected chi connectivity index (χ4v) is 1.66. The molecule has 1 aromatic carbocycles. The lowest BCUT2D eigenvalue weighted by atomic mass is 10.2. The highest BCUT2D eigenvalue weighted by molar-refractivity contribution is 5.65. The van der Waals surface area contributed by atoms with Crippen LogP contribution in [0.15, 0.2) is 24.5 Å². The number of halogens is 1. The average Bonchev–Trinajstić information content (AvgIpc) is 2.48. The summed E-state index contributed by atoms with van der Waals surface area (Å²) in [5.74, 6) is 1.25. The first-order valence-electron chi connectivity index (χ1n) is 5.72. The first-order valence-corrected chi connectivity index (χ1v) is 5.72. The van der Waals surface area contributed by atoms with Crippen molar-refractivity contribution < 1.29 is 18.6 Å². The molecule has 0 radical (unpaired) electrons. The van der Waals surface area contributed by atoms with E-state index in [9.17, 15) is 4.39 Å². The van der Waals surface area contributed by atoms with Crippen LogP contribution in [-0.2, 0) is 0 Å². The summed E-state index contributed by atoms with van der Waals surface area (Å²) in [7, 11) is 4.57. The van der Waals surface area contributed by atoms with E-state index in [4.69, 9.17) is 14.2 Å². The fourth-order valence-electron chi connectivity index (χ4n) is 1.66. The second kappa shape index (κ2) is 6.05. The zero-order chi connectivity index (χ0) is 14.5. The van der Waals surface area contributed by atoms with Gasteiger partial charge < -0.3 is 19.5 Å². The molecule has 106 valence electrons. The summed E-state index contributed by atoms with van der Waals surface area (Å²) in [5, 5.41) is 2.93. The van der Waals surface area contributed by atoms with Gasteiger partial charge in [-0.2, -0.15) is 0 Å². The quantitative estimate of drug-likeness (QED) is 0.906. The smallest absolute Gasteiger partial charge is 0.227 e. The maximum absolute atomic E-state index is 12.8. The standard InChI is InChI=1S/C13H14FN3O3/c1-18-10-4-9(5-11(19-2)12(10)20-3)17-13-15-6-8(14)7-16-13/h4-7H,1-3H3,(H,15,16,17). The molecule has 0 spiro atoms. The summed E-state index contributed by atoms with van der Waals surface area (Å²) in [6.45, 7) is 0. The molecule has 0 aliphatic rings. The van der Waals surface area contributed by atoms with E-state index in [1.807, 2.05) is 0 Å². The molecule has 1 aromatic heterocycles. The van der Waals surface area contributed by atoms with Crippen molar-refractivity contribution in [1.29, 1.82) is 0 Å². The maximum Gasteiger partial charge on any atom is 0.227 e. The molecule has 1 N–H and O–H groups in total. The summed E-state index contributed by atoms with van der Waals surface area (Å²) in [4.78, 5) is 7.63. The van der Waals surface area contributed by atoms with Crippen LogP contribution in [0.5, 0.6) is 17.2 Å². The van der Waals surface area contributed by atoms with Crippen LogP contribution in [0.25, 0.3) is 0 Å². The molecule has 0 fully saturated rings. The van der Waals surface area contributed by atoms with Crippen molar-refractivity contribution >= 4 is 11.6 Å². The van der Waals surface area contributed by atoms with Gasteiger partial charge in [0.1, 0.15) is 0 Å². The molecule has 0 aliphatic carbocycles. The number of aromatic nitrogens is 2. The first-order chi connectivity index (χ1) is 9.67. The van der Waals surface area contributed by atoms with Crippen LogP contribution in [0.4, 0.5) is 16.0 Å². The number of nitrogens with one attached hydrogen (secondary N) is 1. The van der Waals surface area contributed by atoms with Gasteiger partial charge in [-0.05, 0) is 0 Å². The molecule has 20 heavy (non-hydrogen) atoms. The van der Waals surface area contributed by atoms with Gasteiger partial charge in [-0.1, -0.05) is 0 Å². The Labute approximate surface area is 115 Å². The summed E-state index contributed by atoms with van der Waals surface area (Å²) < 4.78 is 28.4. The highest BCUT2D eigenvalue weighted by Gasteiger charge is 2.13. The number of hydrogen-bond acceptors (Lipinski definition) is 6. The van der Waals surface area contributed by atoms with E-state index >= 15 is 0 Å². The molecular weight excluding hydrogens is 265 g/mol. The minimum atomic E-state index is -0.500. The fraction of sp³-hybridized carbons (Fsp3) is 0.231. The SMILES string of the molecule is COc1cc(Nc2ncc(F)cn2)cc(OC)c1OC. The molecule has 1 heterocycles. The van der Waals surface area contributed by atoms with E-state index in [-0.39, 0.29) is 5.95 Å². The van der Waals surface area contributed by atoms with Crippen molar-refractivity contribution in [1.82, 2.24) is 9.97 Å². The lowest BCUT2D eigenvalue weighted by Gasteiger charge is -2.14. The van der Waals surface area contributed by atoms with Crippen molar-refractivity contribution in [2.75, 3.05) is 26.6 Å². The molecule has 0 bridgehead atoms. The van der Waals surface area contributed by atoms with Gasteiger partial charge in [0.2, 0.25) is 11.7 Å². The van der Waals surface area contributed by atoms with Crippen molar-refractivity contribution in [3.8, 4) is 17.2 Å². The van der Waals surface area contributed by atoms with Gasteiger partial charge in [-0.3, -0.25) is 0 Å². The average molecular weight is 279 g/mol. The minimum absolute atomic E-state index is 0.265. The van der Waals surface area contributed by atoms with Gasteiger partial charge >= 0.3 is 0 Å². The topological polar surface area (TPSA) is 65.5 Å². The minimum Gasteiger partial charge on any atom is -0.493 e. The van der Waals surface area contributed by atoms with E-state index in [0.717, 1.165) is 12.4 Å². The third-order valence-electron chi connectivity index (χ3n) is 2.54. The Morgan fingerprint density at radius 2 is 1.50 bits per heavy atom. The van der Waals surface area contributed by atoms with Crippen molar-refractivity contribution in [3.05, 3.63) is 30.3 Å². The number of anilines is 2. The molecule has 0 aliphatic heterocycles. The molecule has 2 aromatic rings. The van der Waals surface area contributed by atoms with Crippen LogP contribution in [-0.4, -0.2) is 31.3 Å². The molecular formula is C13H14FN3O3. The largest absolute Gasteiger partial charge is 0.493 e. The van der Waals surface area contributed by atoms with Crippen LogP contribution in [0.3, 0.4) is 0 Å². The lowest BCUT2D eigenvalue weighted by Crippen LogP contribution is -2.00. The van der Waals surface area contributed by atoms with Crippen LogP contribution in [0, 0.1) is 5.82 Å². The number of hydrogen-bond donors (Lipinski definition) is 1. The first kappa shape index (κ1) is 13.9. The predicted molar refractivity (Wildman–Crippen MR) is 71.4 cm³/mol. The van der Waals surface area contributed by atoms with Gasteiger partial charge in [0, 0.05) is 17.8 Å². The van der Waals surface area contributed by atoms with Gasteiger partial charge in [-0.25, -0.2) is 14.4 Å². The predicted octanol–water partition coefficient (Wildman–Crippen LogP) is 2.39. The second-order valence-electron chi connectivity index (χ2n) is 3.76. The Balaban J connectivity index is 2.34. The van der Waals surface area contributed by atoms with E-state index in [1.165, 1.54) is 21.3 Å². The Hall–Kier alpha value is -2.57. The molecule has 0 amide bonds. The number of benzene rings is 1. The molecule has 0 saturated heterocycles.